The summed E-state index contributed by atoms with van der Waals surface area (Å²) < 4.78 is 5.92. The van der Waals surface area contributed by atoms with Gasteiger partial charge in [-0.3, -0.25) is 14.6 Å². The average Bonchev–Trinajstić information content (AvgIpc) is 3.04. The highest BCUT2D eigenvalue weighted by atomic mass is 16.3. The zero-order valence-corrected chi connectivity index (χ0v) is 16.8. The predicted molar refractivity (Wildman–Crippen MR) is 112 cm³/mol. The summed E-state index contributed by atoms with van der Waals surface area (Å²) >= 11 is 0. The van der Waals surface area contributed by atoms with Crippen molar-refractivity contribution >= 4 is 16.9 Å². The molecular formula is C23H25N3O3. The molecule has 1 aliphatic heterocycles. The van der Waals surface area contributed by atoms with Crippen LogP contribution in [0.3, 0.4) is 0 Å². The third-order valence-corrected chi connectivity index (χ3v) is 5.61. The molecule has 150 valence electrons. The summed E-state index contributed by atoms with van der Waals surface area (Å²) in [6.45, 7) is 7.64. The number of para-hydroxylation sites is 1. The van der Waals surface area contributed by atoms with Crippen LogP contribution in [0.1, 0.15) is 48.1 Å². The van der Waals surface area contributed by atoms with Crippen LogP contribution < -0.4 is 5.43 Å². The van der Waals surface area contributed by atoms with E-state index in [-0.39, 0.29) is 17.1 Å². The Bertz CT molecular complexity index is 1070. The van der Waals surface area contributed by atoms with E-state index in [0.29, 0.717) is 28.8 Å². The number of benzene rings is 1. The Morgan fingerprint density at radius 3 is 2.55 bits per heavy atom. The maximum atomic E-state index is 13.3. The second kappa shape index (κ2) is 8.17. The van der Waals surface area contributed by atoms with Crippen LogP contribution in [0, 0.1) is 0 Å². The summed E-state index contributed by atoms with van der Waals surface area (Å²) in [5.74, 6) is -0.0924. The Hall–Kier alpha value is -2.99. The zero-order valence-electron chi connectivity index (χ0n) is 16.8. The van der Waals surface area contributed by atoms with E-state index in [1.165, 1.54) is 0 Å². The van der Waals surface area contributed by atoms with Crippen LogP contribution in [-0.4, -0.2) is 46.9 Å². The molecule has 0 radical (unpaired) electrons. The van der Waals surface area contributed by atoms with Gasteiger partial charge in [0.25, 0.3) is 5.91 Å². The van der Waals surface area contributed by atoms with Gasteiger partial charge in [0.05, 0.1) is 16.6 Å². The Kier molecular flexibility index (Phi) is 5.45. The Labute approximate surface area is 169 Å². The molecule has 4 rings (SSSR count). The van der Waals surface area contributed by atoms with Crippen molar-refractivity contribution in [1.29, 1.82) is 0 Å². The number of carbonyl (C=O) groups is 1. The van der Waals surface area contributed by atoms with Crippen LogP contribution in [0.2, 0.25) is 0 Å². The van der Waals surface area contributed by atoms with Crippen LogP contribution in [0.15, 0.2) is 57.9 Å². The maximum absolute atomic E-state index is 13.3. The molecule has 3 aromatic rings. The van der Waals surface area contributed by atoms with Gasteiger partial charge >= 0.3 is 0 Å². The third-order valence-electron chi connectivity index (χ3n) is 5.61. The Morgan fingerprint density at radius 2 is 1.83 bits per heavy atom. The van der Waals surface area contributed by atoms with Gasteiger partial charge in [-0.1, -0.05) is 32.0 Å². The standard InChI is InChI=1S/C23H25N3O3/c1-3-25(4-2)14-9-15-26-20(17-11-7-8-13-24-17)19-21(27)16-10-5-6-12-18(16)29-22(19)23(26)28/h5-8,10-13,20H,3-4,9,14-15H2,1-2H3. The molecule has 1 aliphatic rings. The molecule has 0 saturated heterocycles. The van der Waals surface area contributed by atoms with Crippen molar-refractivity contribution in [1.82, 2.24) is 14.8 Å². The first kappa shape index (κ1) is 19.3. The molecule has 6 heteroatoms. The van der Waals surface area contributed by atoms with Crippen molar-refractivity contribution in [3.8, 4) is 0 Å². The molecule has 29 heavy (non-hydrogen) atoms. The number of rotatable bonds is 7. The quantitative estimate of drug-likeness (QED) is 0.617. The molecule has 1 amide bonds. The topological polar surface area (TPSA) is 66.7 Å². The van der Waals surface area contributed by atoms with Gasteiger partial charge in [-0.05, 0) is 50.3 Å². The summed E-state index contributed by atoms with van der Waals surface area (Å²) in [5, 5.41) is 0.491. The number of fused-ring (bicyclic) bond motifs is 2. The molecule has 0 saturated carbocycles. The van der Waals surface area contributed by atoms with E-state index < -0.39 is 6.04 Å². The minimum Gasteiger partial charge on any atom is -0.450 e. The number of amides is 1. The van der Waals surface area contributed by atoms with Crippen molar-refractivity contribution in [2.45, 2.75) is 26.3 Å². The second-order valence-electron chi connectivity index (χ2n) is 7.21. The van der Waals surface area contributed by atoms with E-state index in [9.17, 15) is 9.59 Å². The predicted octanol–water partition coefficient (Wildman–Crippen LogP) is 3.47. The molecule has 0 fully saturated rings. The second-order valence-corrected chi connectivity index (χ2v) is 7.21. The van der Waals surface area contributed by atoms with Gasteiger partial charge < -0.3 is 14.2 Å². The fourth-order valence-electron chi connectivity index (χ4n) is 4.05. The molecular weight excluding hydrogens is 366 g/mol. The SMILES string of the molecule is CCN(CC)CCCN1C(=O)c2oc3ccccc3c(=O)c2C1c1ccccn1. The fourth-order valence-corrected chi connectivity index (χ4v) is 4.05. The van der Waals surface area contributed by atoms with Crippen molar-refractivity contribution in [3.05, 3.63) is 75.9 Å². The lowest BCUT2D eigenvalue weighted by molar-refractivity contribution is 0.0717. The number of aromatic nitrogens is 1. The molecule has 1 aromatic carbocycles. The number of hydrogen-bond donors (Lipinski definition) is 0. The van der Waals surface area contributed by atoms with Crippen LogP contribution >= 0.6 is 0 Å². The zero-order chi connectivity index (χ0) is 20.4. The first-order chi connectivity index (χ1) is 14.2. The van der Waals surface area contributed by atoms with Crippen LogP contribution in [0.25, 0.3) is 11.0 Å². The summed E-state index contributed by atoms with van der Waals surface area (Å²) in [6.07, 6.45) is 2.51. The van der Waals surface area contributed by atoms with Gasteiger partial charge in [0.15, 0.2) is 5.43 Å². The highest BCUT2D eigenvalue weighted by Crippen LogP contribution is 2.37. The summed E-state index contributed by atoms with van der Waals surface area (Å²) in [4.78, 5) is 35.1. The van der Waals surface area contributed by atoms with Gasteiger partial charge in [0.1, 0.15) is 11.6 Å². The van der Waals surface area contributed by atoms with E-state index in [4.69, 9.17) is 4.42 Å². The highest BCUT2D eigenvalue weighted by molar-refractivity contribution is 5.98. The lowest BCUT2D eigenvalue weighted by Gasteiger charge is -2.26. The molecule has 0 aliphatic carbocycles. The largest absolute Gasteiger partial charge is 0.450 e. The summed E-state index contributed by atoms with van der Waals surface area (Å²) in [7, 11) is 0. The van der Waals surface area contributed by atoms with Crippen LogP contribution in [0.5, 0.6) is 0 Å². The summed E-state index contributed by atoms with van der Waals surface area (Å²) in [5.41, 5.74) is 1.37. The number of nitrogens with zero attached hydrogens (tertiary/aromatic N) is 3. The first-order valence-corrected chi connectivity index (χ1v) is 10.2. The molecule has 0 bridgehead atoms. The molecule has 6 nitrogen and oxygen atoms in total. The van der Waals surface area contributed by atoms with E-state index >= 15 is 0 Å². The number of pyridine rings is 1. The molecule has 1 unspecified atom stereocenters. The lowest BCUT2D eigenvalue weighted by atomic mass is 10.0. The van der Waals surface area contributed by atoms with Crippen LogP contribution in [0.4, 0.5) is 0 Å². The third kappa shape index (κ3) is 3.44. The smallest absolute Gasteiger partial charge is 0.290 e. The van der Waals surface area contributed by atoms with Crippen molar-refractivity contribution < 1.29 is 9.21 Å². The maximum Gasteiger partial charge on any atom is 0.290 e. The monoisotopic (exact) mass is 391 g/mol. The number of hydrogen-bond acceptors (Lipinski definition) is 5. The summed E-state index contributed by atoms with van der Waals surface area (Å²) in [6, 6.07) is 12.1. The van der Waals surface area contributed by atoms with E-state index in [1.54, 1.807) is 35.4 Å². The van der Waals surface area contributed by atoms with Crippen molar-refractivity contribution in [2.24, 2.45) is 0 Å². The fraction of sp³-hybridized carbons (Fsp3) is 0.348. The van der Waals surface area contributed by atoms with Crippen LogP contribution in [-0.2, 0) is 0 Å². The van der Waals surface area contributed by atoms with Gasteiger partial charge in [0.2, 0.25) is 5.76 Å². The highest BCUT2D eigenvalue weighted by Gasteiger charge is 2.43. The Morgan fingerprint density at radius 1 is 1.07 bits per heavy atom. The molecule has 0 spiro atoms. The molecule has 0 N–H and O–H groups in total. The average molecular weight is 391 g/mol. The Balaban J connectivity index is 1.77. The van der Waals surface area contributed by atoms with Crippen molar-refractivity contribution in [2.75, 3.05) is 26.2 Å². The molecule has 2 aromatic heterocycles. The van der Waals surface area contributed by atoms with Gasteiger partial charge in [0, 0.05) is 12.7 Å². The lowest BCUT2D eigenvalue weighted by Crippen LogP contribution is -2.33. The minimum absolute atomic E-state index is 0.146. The van der Waals surface area contributed by atoms with Gasteiger partial charge in [-0.15, -0.1) is 0 Å². The van der Waals surface area contributed by atoms with Gasteiger partial charge in [-0.2, -0.15) is 0 Å². The molecule has 3 heterocycles. The number of carbonyl (C=O) groups excluding carboxylic acids is 1. The van der Waals surface area contributed by atoms with Crippen molar-refractivity contribution in [3.63, 3.8) is 0 Å². The van der Waals surface area contributed by atoms with E-state index in [2.05, 4.69) is 23.7 Å². The van der Waals surface area contributed by atoms with E-state index in [1.807, 2.05) is 18.2 Å². The van der Waals surface area contributed by atoms with Gasteiger partial charge in [-0.25, -0.2) is 0 Å². The minimum atomic E-state index is -0.517. The first-order valence-electron chi connectivity index (χ1n) is 10.2. The normalized spacial score (nSPS) is 16.0. The molecule has 1 atom stereocenters. The van der Waals surface area contributed by atoms with E-state index in [0.717, 1.165) is 26.1 Å².